The molecule has 123 valence electrons. The molecule has 1 radical (unpaired) electrons. The van der Waals surface area contributed by atoms with Crippen LogP contribution in [0.25, 0.3) is 22.9 Å². The fourth-order valence-electron chi connectivity index (χ4n) is 2.44. The highest BCUT2D eigenvalue weighted by Gasteiger charge is 2.16. The Balaban J connectivity index is 1.80. The Morgan fingerprint density at radius 1 is 1.20 bits per heavy atom. The Morgan fingerprint density at radius 3 is 2.84 bits per heavy atom. The fraction of sp³-hybridized carbons (Fsp3) is 0.0588. The molecular weight excluding hydrogens is 323 g/mol. The van der Waals surface area contributed by atoms with Gasteiger partial charge >= 0.3 is 0 Å². The number of hydrogen-bond acceptors (Lipinski definition) is 6. The van der Waals surface area contributed by atoms with E-state index in [0.29, 0.717) is 28.5 Å². The molecule has 3 heterocycles. The molecule has 4 aromatic rings. The summed E-state index contributed by atoms with van der Waals surface area (Å²) in [5, 5.41) is 8.42. The van der Waals surface area contributed by atoms with Gasteiger partial charge in [0.05, 0.1) is 12.2 Å². The first-order chi connectivity index (χ1) is 12.2. The number of aromatic nitrogens is 5. The predicted molar refractivity (Wildman–Crippen MR) is 87.5 cm³/mol. The zero-order valence-corrected chi connectivity index (χ0v) is 12.9. The van der Waals surface area contributed by atoms with Crippen molar-refractivity contribution in [3.63, 3.8) is 0 Å². The second kappa shape index (κ2) is 6.16. The molecule has 0 unspecified atom stereocenters. The maximum Gasteiger partial charge on any atom is 0.182 e. The molecule has 7 nitrogen and oxygen atoms in total. The molecule has 0 fully saturated rings. The third-order valence-corrected chi connectivity index (χ3v) is 3.61. The van der Waals surface area contributed by atoms with Gasteiger partial charge in [-0.1, -0.05) is 23.4 Å². The number of anilines is 1. The first kappa shape index (κ1) is 15.0. The summed E-state index contributed by atoms with van der Waals surface area (Å²) in [6.07, 6.45) is 2.89. The normalized spacial score (nSPS) is 10.9. The van der Waals surface area contributed by atoms with Gasteiger partial charge in [0.15, 0.2) is 5.82 Å². The topological polar surface area (TPSA) is 95.7 Å². The van der Waals surface area contributed by atoms with Crippen molar-refractivity contribution in [3.05, 3.63) is 66.3 Å². The average Bonchev–Trinajstić information content (AvgIpc) is 3.26. The molecule has 0 aliphatic carbocycles. The van der Waals surface area contributed by atoms with Crippen molar-refractivity contribution >= 4 is 5.82 Å². The van der Waals surface area contributed by atoms with Gasteiger partial charge in [-0.25, -0.2) is 14.4 Å². The van der Waals surface area contributed by atoms with Crippen LogP contribution in [0, 0.1) is 11.9 Å². The van der Waals surface area contributed by atoms with Crippen molar-refractivity contribution in [1.82, 2.24) is 24.9 Å². The van der Waals surface area contributed by atoms with Crippen molar-refractivity contribution < 1.29 is 8.91 Å². The summed E-state index contributed by atoms with van der Waals surface area (Å²) in [6.45, 7) is 0.226. The standard InChI is InChI=1S/C17H12FN6O/c18-12-4-2-1-3-11(12)10-24-15(13-6-8-25-23-13)9-14(22-24)17-20-7-5-16(19)21-17/h1-4,6-9H,10H2,(H2,19,20,21). The maximum atomic E-state index is 14.0. The van der Waals surface area contributed by atoms with Crippen LogP contribution in [0.1, 0.15) is 5.56 Å². The number of nitrogens with two attached hydrogens (primary N) is 1. The second-order valence-corrected chi connectivity index (χ2v) is 5.27. The smallest absolute Gasteiger partial charge is 0.182 e. The van der Waals surface area contributed by atoms with E-state index in [2.05, 4.69) is 26.3 Å². The van der Waals surface area contributed by atoms with Gasteiger partial charge in [0.2, 0.25) is 0 Å². The molecule has 0 amide bonds. The van der Waals surface area contributed by atoms with Crippen LogP contribution in [0.15, 0.2) is 53.4 Å². The van der Waals surface area contributed by atoms with Crippen LogP contribution in [0.2, 0.25) is 0 Å². The monoisotopic (exact) mass is 335 g/mol. The van der Waals surface area contributed by atoms with E-state index in [-0.39, 0.29) is 18.2 Å². The Morgan fingerprint density at radius 2 is 2.08 bits per heavy atom. The number of rotatable bonds is 4. The van der Waals surface area contributed by atoms with E-state index >= 15 is 0 Å². The first-order valence-electron chi connectivity index (χ1n) is 7.43. The molecule has 8 heteroatoms. The summed E-state index contributed by atoms with van der Waals surface area (Å²) in [7, 11) is 0. The average molecular weight is 335 g/mol. The van der Waals surface area contributed by atoms with Gasteiger partial charge in [0, 0.05) is 23.9 Å². The van der Waals surface area contributed by atoms with Gasteiger partial charge < -0.3 is 10.3 Å². The number of hydrogen-bond donors (Lipinski definition) is 1. The Kier molecular flexibility index (Phi) is 3.70. The second-order valence-electron chi connectivity index (χ2n) is 5.27. The summed E-state index contributed by atoms with van der Waals surface area (Å²) in [6, 6.07) is 12.7. The van der Waals surface area contributed by atoms with Gasteiger partial charge in [0.25, 0.3) is 0 Å². The Labute approximate surface area is 141 Å². The van der Waals surface area contributed by atoms with Crippen molar-refractivity contribution in [2.45, 2.75) is 6.54 Å². The van der Waals surface area contributed by atoms with Crippen molar-refractivity contribution in [3.8, 4) is 22.9 Å². The molecule has 1 aromatic carbocycles. The molecule has 2 N–H and O–H groups in total. The minimum Gasteiger partial charge on any atom is -0.383 e. The van der Waals surface area contributed by atoms with E-state index in [0.717, 1.165) is 0 Å². The van der Waals surface area contributed by atoms with E-state index in [9.17, 15) is 4.39 Å². The number of halogens is 1. The highest BCUT2D eigenvalue weighted by Crippen LogP contribution is 2.24. The molecule has 0 saturated carbocycles. The lowest BCUT2D eigenvalue weighted by Crippen LogP contribution is -2.06. The molecule has 3 aromatic heterocycles. The van der Waals surface area contributed by atoms with E-state index in [4.69, 9.17) is 10.3 Å². The van der Waals surface area contributed by atoms with E-state index in [1.807, 2.05) is 0 Å². The zero-order valence-electron chi connectivity index (χ0n) is 12.9. The van der Waals surface area contributed by atoms with Crippen molar-refractivity contribution in [1.29, 1.82) is 0 Å². The molecule has 4 rings (SSSR count). The SMILES string of the molecule is Nc1[c]cnc(-c2cc(-c3ccon3)n(Cc3ccccc3F)n2)n1. The molecule has 0 spiro atoms. The summed E-state index contributed by atoms with van der Waals surface area (Å²) < 4.78 is 20.5. The van der Waals surface area contributed by atoms with Gasteiger partial charge in [-0.2, -0.15) is 5.10 Å². The van der Waals surface area contributed by atoms with Gasteiger partial charge in [-0.15, -0.1) is 0 Å². The minimum atomic E-state index is -0.305. The number of nitrogens with zero attached hydrogens (tertiary/aromatic N) is 5. The van der Waals surface area contributed by atoms with Crippen LogP contribution in [-0.4, -0.2) is 24.9 Å². The van der Waals surface area contributed by atoms with Gasteiger partial charge in [-0.3, -0.25) is 4.68 Å². The molecule has 25 heavy (non-hydrogen) atoms. The Hall–Kier alpha value is -3.55. The third kappa shape index (κ3) is 2.97. The van der Waals surface area contributed by atoms with Crippen LogP contribution in [-0.2, 0) is 6.54 Å². The lowest BCUT2D eigenvalue weighted by atomic mass is 10.2. The van der Waals surface area contributed by atoms with E-state index < -0.39 is 0 Å². The van der Waals surface area contributed by atoms with Gasteiger partial charge in [-0.05, 0) is 12.1 Å². The molecule has 0 atom stereocenters. The zero-order chi connectivity index (χ0) is 17.2. The fourth-order valence-corrected chi connectivity index (χ4v) is 2.44. The van der Waals surface area contributed by atoms with Crippen molar-refractivity contribution in [2.24, 2.45) is 0 Å². The quantitative estimate of drug-likeness (QED) is 0.616. The first-order valence-corrected chi connectivity index (χ1v) is 7.43. The number of nitrogen functional groups attached to an aromatic ring is 1. The minimum absolute atomic E-state index is 0.219. The lowest BCUT2D eigenvalue weighted by Gasteiger charge is -2.06. The van der Waals surface area contributed by atoms with Crippen LogP contribution in [0.4, 0.5) is 10.2 Å². The van der Waals surface area contributed by atoms with Crippen LogP contribution >= 0.6 is 0 Å². The molecular formula is C17H12FN6O. The Bertz CT molecular complexity index is 1010. The lowest BCUT2D eigenvalue weighted by molar-refractivity contribution is 0.421. The number of benzene rings is 1. The largest absolute Gasteiger partial charge is 0.383 e. The third-order valence-electron chi connectivity index (χ3n) is 3.61. The highest BCUT2D eigenvalue weighted by molar-refractivity contribution is 5.63. The van der Waals surface area contributed by atoms with Crippen LogP contribution in [0.5, 0.6) is 0 Å². The summed E-state index contributed by atoms with van der Waals surface area (Å²) in [4.78, 5) is 8.25. The van der Waals surface area contributed by atoms with Crippen LogP contribution in [0.3, 0.4) is 0 Å². The highest BCUT2D eigenvalue weighted by atomic mass is 19.1. The van der Waals surface area contributed by atoms with E-state index in [1.54, 1.807) is 35.0 Å². The summed E-state index contributed by atoms with van der Waals surface area (Å²) in [5.41, 5.74) is 7.89. The van der Waals surface area contributed by atoms with Crippen molar-refractivity contribution in [2.75, 3.05) is 5.73 Å². The van der Waals surface area contributed by atoms with Crippen LogP contribution < -0.4 is 5.73 Å². The summed E-state index contributed by atoms with van der Waals surface area (Å²) in [5.74, 6) is 0.269. The maximum absolute atomic E-state index is 14.0. The molecule has 0 aliphatic rings. The van der Waals surface area contributed by atoms with Gasteiger partial charge in [0.1, 0.15) is 29.3 Å². The molecule has 0 aliphatic heterocycles. The van der Waals surface area contributed by atoms with E-state index in [1.165, 1.54) is 18.5 Å². The molecule has 0 saturated heterocycles. The molecule has 0 bridgehead atoms. The summed E-state index contributed by atoms with van der Waals surface area (Å²) >= 11 is 0. The predicted octanol–water partition coefficient (Wildman–Crippen LogP) is 2.56.